The second-order valence-corrected chi connectivity index (χ2v) is 6.51. The zero-order valence-corrected chi connectivity index (χ0v) is 14.0. The van der Waals surface area contributed by atoms with Gasteiger partial charge in [0.05, 0.1) is 0 Å². The molecule has 1 aliphatic carbocycles. The summed E-state index contributed by atoms with van der Waals surface area (Å²) in [5.74, 6) is 2.10. The minimum Gasteiger partial charge on any atom is -0.335 e. The molecule has 1 aliphatic rings. The van der Waals surface area contributed by atoms with E-state index in [-0.39, 0.29) is 0 Å². The fraction of sp³-hybridized carbons (Fsp3) is 0.833. The molecule has 0 saturated heterocycles. The maximum Gasteiger partial charge on any atom is 0.110 e. The lowest BCUT2D eigenvalue weighted by Gasteiger charge is -2.29. The normalized spacial score (nSPS) is 19.1. The molecule has 0 aliphatic heterocycles. The largest absolute Gasteiger partial charge is 0.335 e. The molecule has 1 saturated carbocycles. The van der Waals surface area contributed by atoms with E-state index in [0.29, 0.717) is 6.04 Å². The number of nitrogens with one attached hydrogen (secondary N) is 1. The minimum absolute atomic E-state index is 0.603. The highest BCUT2D eigenvalue weighted by Gasteiger charge is 2.23. The van der Waals surface area contributed by atoms with Gasteiger partial charge in [-0.05, 0) is 31.7 Å². The van der Waals surface area contributed by atoms with Crippen LogP contribution < -0.4 is 5.32 Å². The van der Waals surface area contributed by atoms with Gasteiger partial charge in [0.15, 0.2) is 0 Å². The fourth-order valence-electron chi connectivity index (χ4n) is 3.73. The van der Waals surface area contributed by atoms with E-state index >= 15 is 0 Å². The molecule has 1 heterocycles. The Bertz CT molecular complexity index is 378. The third-order valence-corrected chi connectivity index (χ3v) is 4.85. The maximum absolute atomic E-state index is 4.62. The summed E-state index contributed by atoms with van der Waals surface area (Å²) >= 11 is 0. The molecule has 1 unspecified atom stereocenters. The van der Waals surface area contributed by atoms with Gasteiger partial charge in [-0.3, -0.25) is 0 Å². The van der Waals surface area contributed by atoms with Crippen LogP contribution in [0.2, 0.25) is 0 Å². The third-order valence-electron chi connectivity index (χ3n) is 4.85. The van der Waals surface area contributed by atoms with Crippen LogP contribution in [0, 0.1) is 5.92 Å². The smallest absolute Gasteiger partial charge is 0.110 e. The fourth-order valence-corrected chi connectivity index (χ4v) is 3.73. The van der Waals surface area contributed by atoms with Crippen LogP contribution in [-0.2, 0) is 13.0 Å². The van der Waals surface area contributed by atoms with Gasteiger partial charge in [0.25, 0.3) is 0 Å². The quantitative estimate of drug-likeness (QED) is 0.817. The summed E-state index contributed by atoms with van der Waals surface area (Å²) in [4.78, 5) is 4.62. The van der Waals surface area contributed by atoms with Gasteiger partial charge in [-0.2, -0.15) is 0 Å². The van der Waals surface area contributed by atoms with Crippen LogP contribution in [0.15, 0.2) is 12.4 Å². The van der Waals surface area contributed by atoms with Gasteiger partial charge < -0.3 is 9.88 Å². The van der Waals surface area contributed by atoms with Gasteiger partial charge in [-0.15, -0.1) is 0 Å². The van der Waals surface area contributed by atoms with Crippen molar-refractivity contribution in [2.24, 2.45) is 5.92 Å². The van der Waals surface area contributed by atoms with E-state index < -0.39 is 0 Å². The first-order valence-electron chi connectivity index (χ1n) is 9.08. The van der Waals surface area contributed by atoms with E-state index in [0.717, 1.165) is 25.4 Å². The third kappa shape index (κ3) is 5.14. The summed E-state index contributed by atoms with van der Waals surface area (Å²) in [5.41, 5.74) is 0. The number of hydrogen-bond acceptors (Lipinski definition) is 2. The van der Waals surface area contributed by atoms with E-state index in [1.807, 2.05) is 6.20 Å². The Balaban J connectivity index is 2.00. The first kappa shape index (κ1) is 16.5. The molecule has 3 nitrogen and oxygen atoms in total. The Morgan fingerprint density at radius 3 is 2.57 bits per heavy atom. The number of rotatable bonds is 7. The molecular formula is C18H33N3. The average molecular weight is 291 g/mol. The molecule has 0 amide bonds. The Morgan fingerprint density at radius 2 is 1.90 bits per heavy atom. The van der Waals surface area contributed by atoms with Crippen LogP contribution in [0.3, 0.4) is 0 Å². The van der Waals surface area contributed by atoms with Crippen LogP contribution in [-0.4, -0.2) is 22.1 Å². The summed E-state index contributed by atoms with van der Waals surface area (Å²) in [5, 5.41) is 3.75. The molecule has 120 valence electrons. The van der Waals surface area contributed by atoms with Crippen molar-refractivity contribution in [1.82, 2.24) is 14.9 Å². The predicted octanol–water partition coefficient (Wildman–Crippen LogP) is 4.17. The highest BCUT2D eigenvalue weighted by molar-refractivity contribution is 4.97. The van der Waals surface area contributed by atoms with Gasteiger partial charge in [0.1, 0.15) is 5.82 Å². The highest BCUT2D eigenvalue weighted by atomic mass is 15.1. The van der Waals surface area contributed by atoms with Gasteiger partial charge >= 0.3 is 0 Å². The Morgan fingerprint density at radius 1 is 1.19 bits per heavy atom. The van der Waals surface area contributed by atoms with Crippen molar-refractivity contribution in [1.29, 1.82) is 0 Å². The van der Waals surface area contributed by atoms with Crippen molar-refractivity contribution in [2.75, 3.05) is 6.54 Å². The Hall–Kier alpha value is -0.830. The van der Waals surface area contributed by atoms with Crippen molar-refractivity contribution in [2.45, 2.75) is 84.2 Å². The molecule has 2 rings (SSSR count). The predicted molar refractivity (Wildman–Crippen MR) is 89.5 cm³/mol. The van der Waals surface area contributed by atoms with E-state index in [4.69, 9.17) is 0 Å². The lowest BCUT2D eigenvalue weighted by atomic mass is 9.84. The molecule has 0 bridgehead atoms. The molecular weight excluding hydrogens is 258 g/mol. The lowest BCUT2D eigenvalue weighted by molar-refractivity contribution is 0.281. The molecule has 21 heavy (non-hydrogen) atoms. The minimum atomic E-state index is 0.603. The zero-order valence-electron chi connectivity index (χ0n) is 14.0. The first-order valence-corrected chi connectivity index (χ1v) is 9.08. The number of nitrogens with zero attached hydrogens (tertiary/aromatic N) is 2. The number of imidazole rings is 1. The van der Waals surface area contributed by atoms with Crippen molar-refractivity contribution < 1.29 is 0 Å². The topological polar surface area (TPSA) is 29.9 Å². The molecule has 0 radical (unpaired) electrons. The molecule has 1 fully saturated rings. The van der Waals surface area contributed by atoms with E-state index in [1.54, 1.807) is 0 Å². The summed E-state index contributed by atoms with van der Waals surface area (Å²) in [6.07, 6.45) is 16.3. The Kier molecular flexibility index (Phi) is 7.28. The second-order valence-electron chi connectivity index (χ2n) is 6.51. The molecule has 1 atom stereocenters. The zero-order chi connectivity index (χ0) is 14.9. The maximum atomic E-state index is 4.62. The summed E-state index contributed by atoms with van der Waals surface area (Å²) < 4.78 is 2.34. The van der Waals surface area contributed by atoms with Crippen molar-refractivity contribution >= 4 is 0 Å². The lowest BCUT2D eigenvalue weighted by Crippen LogP contribution is -2.39. The molecule has 1 aromatic rings. The molecule has 1 N–H and O–H groups in total. The average Bonchev–Trinajstić information content (AvgIpc) is 2.86. The molecule has 0 spiro atoms. The summed E-state index contributed by atoms with van der Waals surface area (Å²) in [7, 11) is 0. The molecule has 1 aromatic heterocycles. The van der Waals surface area contributed by atoms with Gasteiger partial charge in [0, 0.05) is 31.4 Å². The van der Waals surface area contributed by atoms with Gasteiger partial charge in [0.2, 0.25) is 0 Å². The van der Waals surface area contributed by atoms with Crippen LogP contribution in [0.1, 0.15) is 71.0 Å². The Labute approximate surface area is 130 Å². The van der Waals surface area contributed by atoms with Crippen LogP contribution in [0.25, 0.3) is 0 Å². The second kappa shape index (κ2) is 9.24. The number of aromatic nitrogens is 2. The first-order chi connectivity index (χ1) is 10.3. The van der Waals surface area contributed by atoms with Crippen LogP contribution in [0.4, 0.5) is 0 Å². The molecule has 3 heteroatoms. The summed E-state index contributed by atoms with van der Waals surface area (Å²) in [6.45, 7) is 6.63. The van der Waals surface area contributed by atoms with Crippen LogP contribution >= 0.6 is 0 Å². The van der Waals surface area contributed by atoms with Crippen molar-refractivity contribution in [3.05, 3.63) is 18.2 Å². The standard InChI is InChI=1S/C18H33N3/c1-3-13-21-14-12-20-18(21)15-17(19-4-2)16-10-8-6-5-7-9-11-16/h12,14,16-17,19H,3-11,13,15H2,1-2H3. The van der Waals surface area contributed by atoms with E-state index in [1.165, 1.54) is 57.2 Å². The number of hydrogen-bond donors (Lipinski definition) is 1. The van der Waals surface area contributed by atoms with Crippen molar-refractivity contribution in [3.63, 3.8) is 0 Å². The van der Waals surface area contributed by atoms with Crippen molar-refractivity contribution in [3.8, 4) is 0 Å². The highest BCUT2D eigenvalue weighted by Crippen LogP contribution is 2.26. The monoisotopic (exact) mass is 291 g/mol. The summed E-state index contributed by atoms with van der Waals surface area (Å²) in [6, 6.07) is 0.603. The van der Waals surface area contributed by atoms with Gasteiger partial charge in [-0.1, -0.05) is 46.0 Å². The van der Waals surface area contributed by atoms with Gasteiger partial charge in [-0.25, -0.2) is 4.98 Å². The van der Waals surface area contributed by atoms with E-state index in [2.05, 4.69) is 34.9 Å². The number of likely N-dealkylation sites (N-methyl/N-ethyl adjacent to an activating group) is 1. The molecule has 0 aromatic carbocycles. The van der Waals surface area contributed by atoms with E-state index in [9.17, 15) is 0 Å². The van der Waals surface area contributed by atoms with Crippen LogP contribution in [0.5, 0.6) is 0 Å². The SMILES string of the molecule is CCCn1ccnc1CC(NCC)C1CCCCCCC1. The number of aryl methyl sites for hydroxylation is 1.